The largest absolute Gasteiger partial charge is 0.368 e. The molecule has 2 aromatic rings. The van der Waals surface area contributed by atoms with Crippen LogP contribution in [-0.4, -0.2) is 72.0 Å². The van der Waals surface area contributed by atoms with Gasteiger partial charge in [-0.15, -0.1) is 11.3 Å². The second-order valence-electron chi connectivity index (χ2n) is 7.38. The third-order valence-corrected chi connectivity index (χ3v) is 6.23. The van der Waals surface area contributed by atoms with Crippen molar-refractivity contribution in [3.63, 3.8) is 0 Å². The van der Waals surface area contributed by atoms with Crippen molar-refractivity contribution < 1.29 is 14.3 Å². The van der Waals surface area contributed by atoms with E-state index in [4.69, 9.17) is 4.74 Å². The maximum atomic E-state index is 12.7. The van der Waals surface area contributed by atoms with E-state index in [9.17, 15) is 9.59 Å². The smallest absolute Gasteiger partial charge is 0.251 e. The second-order valence-corrected chi connectivity index (χ2v) is 8.31. The van der Waals surface area contributed by atoms with Crippen LogP contribution in [0.3, 0.4) is 0 Å². The monoisotopic (exact) mass is 414 g/mol. The third-order valence-electron chi connectivity index (χ3n) is 5.39. The Kier molecular flexibility index (Phi) is 6.53. The van der Waals surface area contributed by atoms with Crippen molar-refractivity contribution >= 4 is 23.2 Å². The van der Waals surface area contributed by atoms with Gasteiger partial charge < -0.3 is 15.0 Å². The topological polar surface area (TPSA) is 74.8 Å². The molecule has 1 N–H and O–H groups in total. The maximum absolute atomic E-state index is 12.7. The first kappa shape index (κ1) is 20.0. The van der Waals surface area contributed by atoms with E-state index >= 15 is 0 Å². The Balaban J connectivity index is 1.30. The fraction of sp³-hybridized carbons (Fsp3) is 0.476. The number of nitrogens with one attached hydrogen (secondary N) is 1. The van der Waals surface area contributed by atoms with Gasteiger partial charge in [0, 0.05) is 44.4 Å². The van der Waals surface area contributed by atoms with E-state index < -0.39 is 0 Å². The van der Waals surface area contributed by atoms with E-state index in [1.807, 2.05) is 40.6 Å². The zero-order valence-corrected chi connectivity index (χ0v) is 17.1. The molecule has 154 valence electrons. The number of amides is 2. The van der Waals surface area contributed by atoms with Gasteiger partial charge in [-0.05, 0) is 18.4 Å². The zero-order valence-electron chi connectivity index (χ0n) is 16.3. The van der Waals surface area contributed by atoms with E-state index in [1.54, 1.807) is 6.20 Å². The summed E-state index contributed by atoms with van der Waals surface area (Å²) >= 11 is 1.53. The number of benzene rings is 1. The first-order valence-corrected chi connectivity index (χ1v) is 10.9. The van der Waals surface area contributed by atoms with Gasteiger partial charge in [-0.1, -0.05) is 30.3 Å². The number of piperazine rings is 1. The SMILES string of the molecule is O=C(CN1CCN(C(=O)C2CCCO2)CC1)NC(c1ccccc1)c1nccs1. The highest BCUT2D eigenvalue weighted by molar-refractivity contribution is 7.09. The second kappa shape index (κ2) is 9.47. The molecule has 8 heteroatoms. The Bertz CT molecular complexity index is 801. The molecular formula is C21H26N4O3S. The minimum absolute atomic E-state index is 0.0343. The summed E-state index contributed by atoms with van der Waals surface area (Å²) in [7, 11) is 0. The number of rotatable bonds is 6. The molecule has 2 aliphatic heterocycles. The molecule has 0 radical (unpaired) electrons. The van der Waals surface area contributed by atoms with Crippen molar-refractivity contribution in [1.29, 1.82) is 0 Å². The molecule has 1 aromatic carbocycles. The Morgan fingerprint density at radius 1 is 1.21 bits per heavy atom. The molecule has 29 heavy (non-hydrogen) atoms. The molecule has 2 unspecified atom stereocenters. The van der Waals surface area contributed by atoms with Crippen molar-refractivity contribution in [3.05, 3.63) is 52.5 Å². The maximum Gasteiger partial charge on any atom is 0.251 e. The van der Waals surface area contributed by atoms with Gasteiger partial charge in [-0.2, -0.15) is 0 Å². The molecule has 4 rings (SSSR count). The van der Waals surface area contributed by atoms with Gasteiger partial charge in [0.1, 0.15) is 17.2 Å². The summed E-state index contributed by atoms with van der Waals surface area (Å²) in [4.78, 5) is 33.6. The van der Waals surface area contributed by atoms with E-state index in [1.165, 1.54) is 11.3 Å². The predicted octanol–water partition coefficient (Wildman–Crippen LogP) is 1.67. The normalized spacial score (nSPS) is 21.1. The molecule has 7 nitrogen and oxygen atoms in total. The number of thiazole rings is 1. The number of nitrogens with zero attached hydrogens (tertiary/aromatic N) is 3. The van der Waals surface area contributed by atoms with Gasteiger partial charge in [-0.3, -0.25) is 14.5 Å². The van der Waals surface area contributed by atoms with Crippen LogP contribution in [0.1, 0.15) is 29.5 Å². The van der Waals surface area contributed by atoms with Crippen LogP contribution < -0.4 is 5.32 Å². The van der Waals surface area contributed by atoms with Crippen molar-refractivity contribution in [2.45, 2.75) is 25.0 Å². The van der Waals surface area contributed by atoms with Crippen LogP contribution in [0.25, 0.3) is 0 Å². The zero-order chi connectivity index (χ0) is 20.1. The van der Waals surface area contributed by atoms with Crippen molar-refractivity contribution in [2.24, 2.45) is 0 Å². The first-order chi connectivity index (χ1) is 14.2. The molecule has 1 aromatic heterocycles. The first-order valence-electron chi connectivity index (χ1n) is 10.1. The van der Waals surface area contributed by atoms with Crippen molar-refractivity contribution in [2.75, 3.05) is 39.3 Å². The third kappa shape index (κ3) is 5.01. The van der Waals surface area contributed by atoms with Crippen LogP contribution >= 0.6 is 11.3 Å². The van der Waals surface area contributed by atoms with Gasteiger partial charge >= 0.3 is 0 Å². The Labute approximate surface area is 174 Å². The summed E-state index contributed by atoms with van der Waals surface area (Å²) in [6.45, 7) is 3.66. The summed E-state index contributed by atoms with van der Waals surface area (Å²) < 4.78 is 5.51. The lowest BCUT2D eigenvalue weighted by Crippen LogP contribution is -2.53. The van der Waals surface area contributed by atoms with E-state index in [2.05, 4.69) is 15.2 Å². The molecular weight excluding hydrogens is 388 g/mol. The van der Waals surface area contributed by atoms with Gasteiger partial charge in [0.2, 0.25) is 5.91 Å². The number of ether oxygens (including phenoxy) is 1. The number of carbonyl (C=O) groups is 2. The summed E-state index contributed by atoms with van der Waals surface area (Å²) in [5.74, 6) is 0.0625. The molecule has 2 fully saturated rings. The van der Waals surface area contributed by atoms with E-state index in [0.29, 0.717) is 39.3 Å². The Morgan fingerprint density at radius 3 is 2.66 bits per heavy atom. The number of hydrogen-bond donors (Lipinski definition) is 1. The highest BCUT2D eigenvalue weighted by Crippen LogP contribution is 2.23. The Morgan fingerprint density at radius 2 is 2.00 bits per heavy atom. The average Bonchev–Trinajstić information content (AvgIpc) is 3.47. The van der Waals surface area contributed by atoms with Crippen LogP contribution in [0.15, 0.2) is 41.9 Å². The fourth-order valence-electron chi connectivity index (χ4n) is 3.82. The molecule has 0 bridgehead atoms. The van der Waals surface area contributed by atoms with Gasteiger partial charge in [0.25, 0.3) is 5.91 Å². The molecule has 0 spiro atoms. The molecule has 2 amide bonds. The highest BCUT2D eigenvalue weighted by Gasteiger charge is 2.31. The summed E-state index contributed by atoms with van der Waals surface area (Å²) in [5, 5.41) is 5.92. The lowest BCUT2D eigenvalue weighted by molar-refractivity contribution is -0.142. The molecule has 2 atom stereocenters. The van der Waals surface area contributed by atoms with Crippen LogP contribution in [-0.2, 0) is 14.3 Å². The summed E-state index contributed by atoms with van der Waals surface area (Å²) in [6, 6.07) is 9.65. The number of carbonyl (C=O) groups excluding carboxylic acids is 2. The average molecular weight is 415 g/mol. The highest BCUT2D eigenvalue weighted by atomic mass is 32.1. The van der Waals surface area contributed by atoms with Gasteiger partial charge in [-0.25, -0.2) is 4.98 Å². The van der Waals surface area contributed by atoms with Crippen LogP contribution in [0.2, 0.25) is 0 Å². The van der Waals surface area contributed by atoms with Crippen molar-refractivity contribution in [3.8, 4) is 0 Å². The molecule has 2 aliphatic rings. The number of aromatic nitrogens is 1. The summed E-state index contributed by atoms with van der Waals surface area (Å²) in [6.07, 6.45) is 3.26. The summed E-state index contributed by atoms with van der Waals surface area (Å²) in [5.41, 5.74) is 1.02. The van der Waals surface area contributed by atoms with Crippen molar-refractivity contribution in [1.82, 2.24) is 20.1 Å². The lowest BCUT2D eigenvalue weighted by Gasteiger charge is -2.35. The number of hydrogen-bond acceptors (Lipinski definition) is 6. The Hall–Kier alpha value is -2.29. The van der Waals surface area contributed by atoms with Crippen LogP contribution in [0.4, 0.5) is 0 Å². The van der Waals surface area contributed by atoms with Crippen LogP contribution in [0.5, 0.6) is 0 Å². The lowest BCUT2D eigenvalue weighted by atomic mass is 10.1. The molecule has 2 saturated heterocycles. The molecule has 0 saturated carbocycles. The fourth-order valence-corrected chi connectivity index (χ4v) is 4.54. The predicted molar refractivity (Wildman–Crippen MR) is 111 cm³/mol. The van der Waals surface area contributed by atoms with Gasteiger partial charge in [0.05, 0.1) is 6.54 Å². The van der Waals surface area contributed by atoms with E-state index in [0.717, 1.165) is 23.4 Å². The molecule has 3 heterocycles. The van der Waals surface area contributed by atoms with E-state index in [-0.39, 0.29) is 24.0 Å². The van der Waals surface area contributed by atoms with Crippen LogP contribution in [0, 0.1) is 0 Å². The molecule has 0 aliphatic carbocycles. The minimum atomic E-state index is -0.269. The standard InChI is InChI=1S/C21H26N4O3S/c26-18(23-19(20-22-8-14-29-20)16-5-2-1-3-6-16)15-24-9-11-25(12-10-24)21(27)17-7-4-13-28-17/h1-3,5-6,8,14,17,19H,4,7,9-13,15H2,(H,23,26). The minimum Gasteiger partial charge on any atom is -0.368 e. The quantitative estimate of drug-likeness (QED) is 0.778. The van der Waals surface area contributed by atoms with Gasteiger partial charge in [0.15, 0.2) is 0 Å².